The molecule has 31 heavy (non-hydrogen) atoms. The molecule has 0 radical (unpaired) electrons. The predicted octanol–water partition coefficient (Wildman–Crippen LogP) is 3.80. The van der Waals surface area contributed by atoms with E-state index in [2.05, 4.69) is 9.97 Å². The Morgan fingerprint density at radius 2 is 1.87 bits per heavy atom. The lowest BCUT2D eigenvalue weighted by atomic mass is 10.2. The Morgan fingerprint density at radius 3 is 2.45 bits per heavy atom. The van der Waals surface area contributed by atoms with Crippen molar-refractivity contribution in [3.05, 3.63) is 29.6 Å². The lowest BCUT2D eigenvalue weighted by Crippen LogP contribution is -2.43. The molecule has 3 rings (SSSR count). The first-order valence-corrected chi connectivity index (χ1v) is 9.49. The number of hydrogen-bond acceptors (Lipinski definition) is 6. The van der Waals surface area contributed by atoms with E-state index in [0.29, 0.717) is 5.69 Å². The summed E-state index contributed by atoms with van der Waals surface area (Å²) in [5.41, 5.74) is -1.68. The molecule has 8 nitrogen and oxygen atoms in total. The Kier molecular flexibility index (Phi) is 5.72. The van der Waals surface area contributed by atoms with E-state index in [0.717, 1.165) is 11.0 Å². The molecule has 2 atom stereocenters. The fourth-order valence-electron chi connectivity index (χ4n) is 3.23. The van der Waals surface area contributed by atoms with Gasteiger partial charge in [-0.3, -0.25) is 4.90 Å². The van der Waals surface area contributed by atoms with Crippen LogP contribution in [0.2, 0.25) is 0 Å². The van der Waals surface area contributed by atoms with E-state index in [-0.39, 0.29) is 29.7 Å². The molecule has 2 aromatic heterocycles. The van der Waals surface area contributed by atoms with Crippen LogP contribution in [0.4, 0.5) is 18.0 Å². The van der Waals surface area contributed by atoms with E-state index in [4.69, 9.17) is 9.47 Å². The first kappa shape index (κ1) is 22.6. The number of carboxylic acid groups (broad SMARTS) is 1. The monoisotopic (exact) mass is 441 g/mol. The quantitative estimate of drug-likeness (QED) is 0.773. The molecule has 11 heteroatoms. The van der Waals surface area contributed by atoms with Crippen LogP contribution in [0.1, 0.15) is 38.6 Å². The summed E-state index contributed by atoms with van der Waals surface area (Å²) in [6, 6.07) is 2.67. The number of aryl methyl sites for hydroxylation is 1. The second kappa shape index (κ2) is 7.86. The van der Waals surface area contributed by atoms with E-state index in [1.54, 1.807) is 33.8 Å². The lowest BCUT2D eigenvalue weighted by molar-refractivity contribution is -0.142. The Hall–Kier alpha value is -3.11. The number of likely N-dealkylation sites (tertiary alicyclic amines) is 1. The summed E-state index contributed by atoms with van der Waals surface area (Å²) in [5, 5.41) is 9.75. The Labute approximate surface area is 176 Å². The van der Waals surface area contributed by atoms with Crippen molar-refractivity contribution in [2.24, 2.45) is 0 Å². The van der Waals surface area contributed by atoms with E-state index < -0.39 is 41.7 Å². The van der Waals surface area contributed by atoms with Gasteiger partial charge in [0.25, 0.3) is 0 Å². The maximum Gasteiger partial charge on any atom is 0.433 e. The molecule has 1 aliphatic heterocycles. The molecule has 168 valence electrons. The fourth-order valence-corrected chi connectivity index (χ4v) is 3.23. The minimum Gasteiger partial charge on any atom is -0.488 e. The molecule has 0 bridgehead atoms. The van der Waals surface area contributed by atoms with Crippen LogP contribution >= 0.6 is 0 Å². The van der Waals surface area contributed by atoms with Crippen LogP contribution in [-0.4, -0.2) is 56.3 Å². The van der Waals surface area contributed by atoms with Crippen molar-refractivity contribution in [2.75, 3.05) is 6.54 Å². The number of aliphatic carboxylic acids is 1. The zero-order chi connectivity index (χ0) is 23.1. The molecule has 2 aromatic rings. The summed E-state index contributed by atoms with van der Waals surface area (Å²) in [5.74, 6) is -1.39. The van der Waals surface area contributed by atoms with E-state index in [9.17, 15) is 27.9 Å². The van der Waals surface area contributed by atoms with Gasteiger partial charge in [0.05, 0.1) is 11.9 Å². The van der Waals surface area contributed by atoms with Crippen LogP contribution in [0.15, 0.2) is 18.2 Å². The van der Waals surface area contributed by atoms with Crippen LogP contribution in [0.5, 0.6) is 5.75 Å². The lowest BCUT2D eigenvalue weighted by Gasteiger charge is -2.26. The number of alkyl halides is 3. The van der Waals surface area contributed by atoms with Crippen molar-refractivity contribution in [3.63, 3.8) is 0 Å². The molecule has 1 saturated heterocycles. The van der Waals surface area contributed by atoms with Crippen LogP contribution in [0.3, 0.4) is 0 Å². The zero-order valence-corrected chi connectivity index (χ0v) is 17.4. The average Bonchev–Trinajstić information content (AvgIpc) is 3.03. The number of ether oxygens (including phenoxy) is 2. The minimum atomic E-state index is -4.72. The van der Waals surface area contributed by atoms with Crippen molar-refractivity contribution in [1.29, 1.82) is 0 Å². The standard InChI is InChI=1S/C20H22F3N3O5/c1-10-5-6-12-14(8-15(20(21,22)23)25-16(12)24-10)30-11-7-13(17(27)28)26(9-11)18(29)31-19(2,3)4/h5-6,8,11,13H,7,9H2,1-4H3,(H,27,28)/t11-,13+/m1/s1. The average molecular weight is 441 g/mol. The third-order valence-electron chi connectivity index (χ3n) is 4.53. The number of hydrogen-bond donors (Lipinski definition) is 1. The van der Waals surface area contributed by atoms with Gasteiger partial charge in [0.1, 0.15) is 23.5 Å². The van der Waals surface area contributed by atoms with Crippen molar-refractivity contribution in [3.8, 4) is 5.75 Å². The maximum atomic E-state index is 13.3. The van der Waals surface area contributed by atoms with Gasteiger partial charge in [0.2, 0.25) is 0 Å². The molecule has 1 fully saturated rings. The second-order valence-corrected chi connectivity index (χ2v) is 8.29. The highest BCUT2D eigenvalue weighted by molar-refractivity contribution is 5.83. The molecule has 0 saturated carbocycles. The smallest absolute Gasteiger partial charge is 0.433 e. The van der Waals surface area contributed by atoms with Gasteiger partial charge in [-0.1, -0.05) is 0 Å². The van der Waals surface area contributed by atoms with Crippen LogP contribution in [0.25, 0.3) is 11.0 Å². The molecule has 3 heterocycles. The number of carboxylic acids is 1. The molecule has 1 N–H and O–H groups in total. The predicted molar refractivity (Wildman–Crippen MR) is 103 cm³/mol. The molecule has 0 aromatic carbocycles. The molecular weight excluding hydrogens is 419 g/mol. The molecule has 0 unspecified atom stereocenters. The highest BCUT2D eigenvalue weighted by atomic mass is 19.4. The van der Waals surface area contributed by atoms with Gasteiger partial charge in [-0.05, 0) is 39.8 Å². The maximum absolute atomic E-state index is 13.3. The van der Waals surface area contributed by atoms with Gasteiger partial charge < -0.3 is 14.6 Å². The number of aromatic nitrogens is 2. The largest absolute Gasteiger partial charge is 0.488 e. The number of halogens is 3. The number of carbonyl (C=O) groups excluding carboxylic acids is 1. The normalized spacial score (nSPS) is 19.5. The summed E-state index contributed by atoms with van der Waals surface area (Å²) in [6.45, 7) is 6.38. The second-order valence-electron chi connectivity index (χ2n) is 8.29. The molecule has 1 amide bonds. The van der Waals surface area contributed by atoms with Crippen LogP contribution in [-0.2, 0) is 15.7 Å². The fraction of sp³-hybridized carbons (Fsp3) is 0.500. The van der Waals surface area contributed by atoms with Gasteiger partial charge in [0, 0.05) is 18.2 Å². The SMILES string of the molecule is Cc1ccc2c(O[C@@H]3C[C@@H](C(=O)O)N(C(=O)OC(C)(C)C)C3)cc(C(F)(F)F)nc2n1. The molecular formula is C20H22F3N3O5. The number of amides is 1. The van der Waals surface area contributed by atoms with E-state index in [1.165, 1.54) is 6.07 Å². The Balaban J connectivity index is 1.93. The molecule has 0 aliphatic carbocycles. The topological polar surface area (TPSA) is 102 Å². The van der Waals surface area contributed by atoms with Crippen molar-refractivity contribution in [1.82, 2.24) is 14.9 Å². The molecule has 0 spiro atoms. The number of nitrogens with zero attached hydrogens (tertiary/aromatic N) is 3. The van der Waals surface area contributed by atoms with Gasteiger partial charge in [-0.15, -0.1) is 0 Å². The van der Waals surface area contributed by atoms with Gasteiger partial charge in [0.15, 0.2) is 11.3 Å². The summed E-state index contributed by atoms with van der Waals surface area (Å²) in [4.78, 5) is 32.7. The third kappa shape index (κ3) is 5.15. The first-order chi connectivity index (χ1) is 14.2. The van der Waals surface area contributed by atoms with Crippen molar-refractivity contribution < 1.29 is 37.3 Å². The van der Waals surface area contributed by atoms with Gasteiger partial charge in [-0.25, -0.2) is 19.6 Å². The highest BCUT2D eigenvalue weighted by Gasteiger charge is 2.43. The van der Waals surface area contributed by atoms with E-state index in [1.807, 2.05) is 0 Å². The number of fused-ring (bicyclic) bond motifs is 1. The number of carbonyl (C=O) groups is 2. The summed E-state index contributed by atoms with van der Waals surface area (Å²) < 4.78 is 50.9. The van der Waals surface area contributed by atoms with Crippen LogP contribution in [0, 0.1) is 6.92 Å². The zero-order valence-electron chi connectivity index (χ0n) is 17.4. The van der Waals surface area contributed by atoms with Crippen LogP contribution < -0.4 is 4.74 Å². The Bertz CT molecular complexity index is 1020. The number of pyridine rings is 2. The van der Waals surface area contributed by atoms with Crippen molar-refractivity contribution in [2.45, 2.75) is 58.0 Å². The third-order valence-corrected chi connectivity index (χ3v) is 4.53. The molecule has 1 aliphatic rings. The summed E-state index contributed by atoms with van der Waals surface area (Å²) >= 11 is 0. The summed E-state index contributed by atoms with van der Waals surface area (Å²) in [7, 11) is 0. The Morgan fingerprint density at radius 1 is 1.19 bits per heavy atom. The summed E-state index contributed by atoms with van der Waals surface area (Å²) in [6.07, 6.45) is -6.53. The minimum absolute atomic E-state index is 0.112. The highest BCUT2D eigenvalue weighted by Crippen LogP contribution is 2.35. The number of rotatable bonds is 3. The van der Waals surface area contributed by atoms with Crippen molar-refractivity contribution >= 4 is 23.1 Å². The van der Waals surface area contributed by atoms with Gasteiger partial charge >= 0.3 is 18.2 Å². The van der Waals surface area contributed by atoms with Gasteiger partial charge in [-0.2, -0.15) is 13.2 Å². The first-order valence-electron chi connectivity index (χ1n) is 9.49. The van der Waals surface area contributed by atoms with E-state index >= 15 is 0 Å².